The number of nitrogens with zero attached hydrogens (tertiary/aromatic N) is 3. The van der Waals surface area contributed by atoms with Crippen molar-refractivity contribution in [3.63, 3.8) is 0 Å². The molecule has 4 rings (SSSR count). The summed E-state index contributed by atoms with van der Waals surface area (Å²) >= 11 is 6.18. The Kier molecular flexibility index (Phi) is 4.91. The van der Waals surface area contributed by atoms with Crippen molar-refractivity contribution in [3.05, 3.63) is 46.3 Å². The van der Waals surface area contributed by atoms with Gasteiger partial charge in [0, 0.05) is 36.1 Å². The second kappa shape index (κ2) is 7.32. The quantitative estimate of drug-likeness (QED) is 0.888. The van der Waals surface area contributed by atoms with Gasteiger partial charge in [0.25, 0.3) is 0 Å². The van der Waals surface area contributed by atoms with Crippen LogP contribution in [-0.2, 0) is 16.1 Å². The molecule has 3 heterocycles. The summed E-state index contributed by atoms with van der Waals surface area (Å²) in [4.78, 5) is 16.4. The van der Waals surface area contributed by atoms with Gasteiger partial charge in [0.15, 0.2) is 5.82 Å². The minimum Gasteiger partial charge on any atom is -0.381 e. The van der Waals surface area contributed by atoms with Gasteiger partial charge in [0.1, 0.15) is 11.6 Å². The van der Waals surface area contributed by atoms with Gasteiger partial charge in [-0.05, 0) is 31.4 Å². The van der Waals surface area contributed by atoms with Crippen molar-refractivity contribution in [1.29, 1.82) is 0 Å². The lowest BCUT2D eigenvalue weighted by Crippen LogP contribution is -2.22. The van der Waals surface area contributed by atoms with Crippen molar-refractivity contribution in [3.8, 4) is 0 Å². The fourth-order valence-corrected chi connectivity index (χ4v) is 3.74. The molecule has 2 aliphatic rings. The monoisotopic (exact) mass is 378 g/mol. The number of carbonyl (C=O) groups excluding carboxylic acids is 1. The van der Waals surface area contributed by atoms with Crippen LogP contribution in [0.5, 0.6) is 0 Å². The first kappa shape index (κ1) is 17.4. The Bertz CT molecular complexity index is 799. The third-order valence-corrected chi connectivity index (χ3v) is 5.33. The minimum atomic E-state index is -0.373. The van der Waals surface area contributed by atoms with E-state index in [0.717, 1.165) is 18.7 Å². The second-order valence-corrected chi connectivity index (χ2v) is 7.14. The van der Waals surface area contributed by atoms with Gasteiger partial charge in [0.05, 0.1) is 12.6 Å². The first-order valence-corrected chi connectivity index (χ1v) is 9.24. The molecule has 0 bridgehead atoms. The predicted molar refractivity (Wildman–Crippen MR) is 93.4 cm³/mol. The molecule has 1 aromatic heterocycles. The van der Waals surface area contributed by atoms with Crippen LogP contribution < -0.4 is 5.32 Å². The van der Waals surface area contributed by atoms with Gasteiger partial charge in [-0.1, -0.05) is 17.7 Å². The molecule has 0 spiro atoms. The number of ether oxygens (including phenoxy) is 1. The van der Waals surface area contributed by atoms with E-state index in [1.165, 1.54) is 6.07 Å². The van der Waals surface area contributed by atoms with Gasteiger partial charge >= 0.3 is 0 Å². The van der Waals surface area contributed by atoms with Crippen LogP contribution in [0.3, 0.4) is 0 Å². The zero-order valence-electron chi connectivity index (χ0n) is 14.3. The fourth-order valence-electron chi connectivity index (χ4n) is 3.52. The first-order chi connectivity index (χ1) is 12.6. The van der Waals surface area contributed by atoms with E-state index in [-0.39, 0.29) is 30.2 Å². The summed E-state index contributed by atoms with van der Waals surface area (Å²) < 4.78 is 21.3. The zero-order valence-corrected chi connectivity index (χ0v) is 15.0. The smallest absolute Gasteiger partial charge is 0.220 e. The number of aromatic nitrogens is 3. The van der Waals surface area contributed by atoms with Crippen LogP contribution in [0.1, 0.15) is 54.9 Å². The molecule has 2 aliphatic heterocycles. The van der Waals surface area contributed by atoms with Crippen LogP contribution >= 0.6 is 11.6 Å². The standard InChI is InChI=1S/C18H20ClFN4O2/c19-13-2-1-3-14(20)12(13)10-24-18(15-4-5-16(25)21-15)22-17(23-24)11-6-8-26-9-7-11/h1-3,11,15H,4-10H2,(H,21,25)/t15-/m0/s1. The summed E-state index contributed by atoms with van der Waals surface area (Å²) in [5.41, 5.74) is 0.378. The third-order valence-electron chi connectivity index (χ3n) is 4.98. The van der Waals surface area contributed by atoms with Gasteiger partial charge < -0.3 is 10.1 Å². The summed E-state index contributed by atoms with van der Waals surface area (Å²) in [5, 5.41) is 7.94. The summed E-state index contributed by atoms with van der Waals surface area (Å²) in [5.74, 6) is 1.24. The summed E-state index contributed by atoms with van der Waals surface area (Å²) in [6.07, 6.45) is 2.85. The Hall–Kier alpha value is -1.99. The van der Waals surface area contributed by atoms with Gasteiger partial charge in [-0.3, -0.25) is 4.79 Å². The largest absolute Gasteiger partial charge is 0.381 e. The van der Waals surface area contributed by atoms with Crippen LogP contribution in [-0.4, -0.2) is 33.9 Å². The molecule has 0 aliphatic carbocycles. The Labute approximate surface area is 155 Å². The highest BCUT2D eigenvalue weighted by molar-refractivity contribution is 6.31. The lowest BCUT2D eigenvalue weighted by molar-refractivity contribution is -0.119. The van der Waals surface area contributed by atoms with E-state index in [2.05, 4.69) is 10.4 Å². The first-order valence-electron chi connectivity index (χ1n) is 8.86. The number of carbonyl (C=O) groups is 1. The van der Waals surface area contributed by atoms with Gasteiger partial charge in [-0.15, -0.1) is 0 Å². The molecule has 0 unspecified atom stereocenters. The van der Waals surface area contributed by atoms with Crippen LogP contribution in [0, 0.1) is 5.82 Å². The van der Waals surface area contributed by atoms with Gasteiger partial charge in [-0.2, -0.15) is 5.10 Å². The minimum absolute atomic E-state index is 0.00101. The van der Waals surface area contributed by atoms with E-state index in [0.29, 0.717) is 42.5 Å². The number of hydrogen-bond acceptors (Lipinski definition) is 4. The maximum atomic E-state index is 14.2. The molecule has 138 valence electrons. The lowest BCUT2D eigenvalue weighted by Gasteiger charge is -2.18. The van der Waals surface area contributed by atoms with Crippen molar-refractivity contribution in [2.75, 3.05) is 13.2 Å². The number of benzene rings is 1. The summed E-state index contributed by atoms with van der Waals surface area (Å²) in [6, 6.07) is 4.42. The van der Waals surface area contributed by atoms with E-state index in [1.54, 1.807) is 16.8 Å². The molecule has 1 N–H and O–H groups in total. The molecule has 0 saturated carbocycles. The maximum Gasteiger partial charge on any atom is 0.220 e. The molecule has 2 aromatic rings. The average molecular weight is 379 g/mol. The highest BCUT2D eigenvalue weighted by Crippen LogP contribution is 2.29. The van der Waals surface area contributed by atoms with Crippen molar-refractivity contribution in [2.24, 2.45) is 0 Å². The fraction of sp³-hybridized carbons (Fsp3) is 0.500. The number of halogens is 2. The molecular formula is C18H20ClFN4O2. The molecule has 2 fully saturated rings. The highest BCUT2D eigenvalue weighted by Gasteiger charge is 2.30. The molecular weight excluding hydrogens is 359 g/mol. The second-order valence-electron chi connectivity index (χ2n) is 6.73. The molecule has 8 heteroatoms. The normalized spacial score (nSPS) is 21.2. The molecule has 1 amide bonds. The van der Waals surface area contributed by atoms with Crippen molar-refractivity contribution in [1.82, 2.24) is 20.1 Å². The van der Waals surface area contributed by atoms with Crippen molar-refractivity contribution < 1.29 is 13.9 Å². The van der Waals surface area contributed by atoms with E-state index < -0.39 is 0 Å². The van der Waals surface area contributed by atoms with Crippen LogP contribution in [0.25, 0.3) is 0 Å². The molecule has 1 atom stereocenters. The Morgan fingerprint density at radius 3 is 2.81 bits per heavy atom. The van der Waals surface area contributed by atoms with E-state index in [9.17, 15) is 9.18 Å². The number of rotatable bonds is 4. The van der Waals surface area contributed by atoms with Crippen LogP contribution in [0.4, 0.5) is 4.39 Å². The van der Waals surface area contributed by atoms with Crippen molar-refractivity contribution >= 4 is 17.5 Å². The van der Waals surface area contributed by atoms with E-state index in [4.69, 9.17) is 21.3 Å². The Balaban J connectivity index is 1.69. The zero-order chi connectivity index (χ0) is 18.1. The Morgan fingerprint density at radius 2 is 2.12 bits per heavy atom. The van der Waals surface area contributed by atoms with Crippen LogP contribution in [0.15, 0.2) is 18.2 Å². The molecule has 6 nitrogen and oxygen atoms in total. The molecule has 0 radical (unpaired) electrons. The van der Waals surface area contributed by atoms with Crippen LogP contribution in [0.2, 0.25) is 5.02 Å². The highest BCUT2D eigenvalue weighted by atomic mass is 35.5. The maximum absolute atomic E-state index is 14.2. The Morgan fingerprint density at radius 1 is 1.31 bits per heavy atom. The molecule has 2 saturated heterocycles. The average Bonchev–Trinajstić information content (AvgIpc) is 3.25. The molecule has 26 heavy (non-hydrogen) atoms. The SMILES string of the molecule is O=C1CC[C@@H](c2nc(C3CCOCC3)nn2Cc2c(F)cccc2Cl)N1. The predicted octanol–water partition coefficient (Wildman–Crippen LogP) is 2.96. The third kappa shape index (κ3) is 3.46. The van der Waals surface area contributed by atoms with Gasteiger partial charge in [0.2, 0.25) is 5.91 Å². The molecule has 1 aromatic carbocycles. The lowest BCUT2D eigenvalue weighted by atomic mass is 10.00. The van der Waals surface area contributed by atoms with Crippen molar-refractivity contribution in [2.45, 2.75) is 44.2 Å². The number of amides is 1. The summed E-state index contributed by atoms with van der Waals surface area (Å²) in [7, 11) is 0. The topological polar surface area (TPSA) is 69.0 Å². The summed E-state index contributed by atoms with van der Waals surface area (Å²) in [6.45, 7) is 1.56. The van der Waals surface area contributed by atoms with E-state index >= 15 is 0 Å². The van der Waals surface area contributed by atoms with Gasteiger partial charge in [-0.25, -0.2) is 14.1 Å². The number of nitrogens with one attached hydrogen (secondary N) is 1. The van der Waals surface area contributed by atoms with E-state index in [1.807, 2.05) is 0 Å². The number of hydrogen-bond donors (Lipinski definition) is 1.